The first-order valence-corrected chi connectivity index (χ1v) is 37.8. The summed E-state index contributed by atoms with van der Waals surface area (Å²) in [5.41, 5.74) is 26.9. The van der Waals surface area contributed by atoms with E-state index in [1.165, 1.54) is 175 Å². The van der Waals surface area contributed by atoms with Gasteiger partial charge in [0.15, 0.2) is 0 Å². The van der Waals surface area contributed by atoms with Crippen LogP contribution in [0.1, 0.15) is 97.2 Å². The SMILES string of the molecule is CC1(C)c2cc(C=Cc3ccc4c(c3)C(C)(C)c3cc(N(c5cc6ccccc6c6ccccc56)c5cc6ccccc6c6ccccc56)ccc3-4)ccc2-c2ccc(C=Cc3ccc4c(c3)C(C)(C)c3cc(N(c5cc6ccccc6c6ccccc56)c5cc6ccccc6c6ccccc56)ccc3-4)cc21. The first kappa shape index (κ1) is 62.7. The highest BCUT2D eigenvalue weighted by Gasteiger charge is 2.40. The molecule has 0 amide bonds. The summed E-state index contributed by atoms with van der Waals surface area (Å²) in [6, 6.07) is 124. The molecule has 18 aromatic carbocycles. The van der Waals surface area contributed by atoms with Crippen LogP contribution in [0.5, 0.6) is 0 Å². The normalized spacial score (nSPS) is 14.2. The molecule has 2 heteroatoms. The van der Waals surface area contributed by atoms with Gasteiger partial charge in [0, 0.05) is 49.2 Å². The zero-order valence-electron chi connectivity index (χ0n) is 60.9. The molecule has 0 fully saturated rings. The van der Waals surface area contributed by atoms with E-state index in [0.717, 1.165) is 34.1 Å². The van der Waals surface area contributed by atoms with Crippen molar-refractivity contribution in [3.63, 3.8) is 0 Å². The largest absolute Gasteiger partial charge is 0.309 e. The predicted molar refractivity (Wildman–Crippen MR) is 459 cm³/mol. The summed E-state index contributed by atoms with van der Waals surface area (Å²) < 4.78 is 0. The van der Waals surface area contributed by atoms with E-state index < -0.39 is 0 Å². The van der Waals surface area contributed by atoms with Gasteiger partial charge in [-0.05, 0) is 202 Å². The van der Waals surface area contributed by atoms with E-state index in [1.54, 1.807) is 0 Å². The van der Waals surface area contributed by atoms with Crippen molar-refractivity contribution in [2.24, 2.45) is 0 Å². The molecule has 0 aromatic heterocycles. The summed E-state index contributed by atoms with van der Waals surface area (Å²) in [5, 5.41) is 19.8. The fraction of sp³-hybridized carbons (Fsp3) is 0.0857. The molecule has 107 heavy (non-hydrogen) atoms. The van der Waals surface area contributed by atoms with Gasteiger partial charge in [-0.25, -0.2) is 0 Å². The van der Waals surface area contributed by atoms with Crippen LogP contribution < -0.4 is 9.80 Å². The van der Waals surface area contributed by atoms with Crippen molar-refractivity contribution in [3.05, 3.63) is 383 Å². The monoisotopic (exact) mass is 1360 g/mol. The molecule has 3 aliphatic rings. The molecule has 0 N–H and O–H groups in total. The Morgan fingerprint density at radius 2 is 0.383 bits per heavy atom. The van der Waals surface area contributed by atoms with Crippen LogP contribution in [-0.2, 0) is 16.2 Å². The smallest absolute Gasteiger partial charge is 0.0546 e. The second kappa shape index (κ2) is 23.6. The van der Waals surface area contributed by atoms with Crippen LogP contribution in [0, 0.1) is 0 Å². The highest BCUT2D eigenvalue weighted by atomic mass is 15.2. The highest BCUT2D eigenvalue weighted by molar-refractivity contribution is 6.21. The summed E-state index contributed by atoms with van der Waals surface area (Å²) in [6.45, 7) is 14.4. The predicted octanol–water partition coefficient (Wildman–Crippen LogP) is 29.1. The van der Waals surface area contributed by atoms with E-state index in [4.69, 9.17) is 0 Å². The Labute approximate surface area is 624 Å². The fourth-order valence-electron chi connectivity index (χ4n) is 19.0. The molecule has 0 heterocycles. The molecule has 506 valence electrons. The molecule has 21 rings (SSSR count). The first-order valence-electron chi connectivity index (χ1n) is 37.8. The molecule has 2 nitrogen and oxygen atoms in total. The summed E-state index contributed by atoms with van der Waals surface area (Å²) >= 11 is 0. The Kier molecular flexibility index (Phi) is 13.8. The lowest BCUT2D eigenvalue weighted by atomic mass is 9.81. The van der Waals surface area contributed by atoms with E-state index >= 15 is 0 Å². The number of benzene rings is 18. The number of hydrogen-bond donors (Lipinski definition) is 0. The molecule has 0 saturated heterocycles. The number of anilines is 6. The summed E-state index contributed by atoms with van der Waals surface area (Å²) in [6.07, 6.45) is 9.26. The molecule has 0 unspecified atom stereocenters. The van der Waals surface area contributed by atoms with E-state index in [0.29, 0.717) is 0 Å². The highest BCUT2D eigenvalue weighted by Crippen LogP contribution is 2.57. The molecule has 0 atom stereocenters. The van der Waals surface area contributed by atoms with Crippen LogP contribution in [0.3, 0.4) is 0 Å². The minimum absolute atomic E-state index is 0.195. The van der Waals surface area contributed by atoms with Crippen molar-refractivity contribution in [1.29, 1.82) is 0 Å². The fourth-order valence-corrected chi connectivity index (χ4v) is 19.0. The van der Waals surface area contributed by atoms with Crippen molar-refractivity contribution in [2.75, 3.05) is 9.80 Å². The Morgan fingerprint density at radius 3 is 0.626 bits per heavy atom. The van der Waals surface area contributed by atoms with Gasteiger partial charge in [0.25, 0.3) is 0 Å². The Balaban J connectivity index is 0.565. The summed E-state index contributed by atoms with van der Waals surface area (Å²) in [5.74, 6) is 0. The molecule has 0 aliphatic heterocycles. The zero-order chi connectivity index (χ0) is 71.6. The molecule has 0 bridgehead atoms. The second-order valence-corrected chi connectivity index (χ2v) is 31.5. The minimum Gasteiger partial charge on any atom is -0.309 e. The van der Waals surface area contributed by atoms with Gasteiger partial charge in [-0.3, -0.25) is 0 Å². The lowest BCUT2D eigenvalue weighted by molar-refractivity contribution is 0.660. The van der Waals surface area contributed by atoms with Gasteiger partial charge < -0.3 is 9.80 Å². The third kappa shape index (κ3) is 9.65. The molecule has 3 aliphatic carbocycles. The molecule has 0 radical (unpaired) electrons. The van der Waals surface area contributed by atoms with Gasteiger partial charge in [0.05, 0.1) is 22.7 Å². The average molecular weight is 1370 g/mol. The number of hydrogen-bond acceptors (Lipinski definition) is 2. The lowest BCUT2D eigenvalue weighted by Gasteiger charge is -2.31. The van der Waals surface area contributed by atoms with Crippen molar-refractivity contribution < 1.29 is 0 Å². The van der Waals surface area contributed by atoms with Crippen LogP contribution in [0.2, 0.25) is 0 Å². The third-order valence-corrected chi connectivity index (χ3v) is 24.5. The van der Waals surface area contributed by atoms with Crippen molar-refractivity contribution in [1.82, 2.24) is 0 Å². The number of rotatable bonds is 10. The van der Waals surface area contributed by atoms with E-state index in [2.05, 4.69) is 403 Å². The molecular weight excluding hydrogens is 1290 g/mol. The quantitative estimate of drug-likeness (QED) is 0.0995. The molecule has 0 saturated carbocycles. The van der Waals surface area contributed by atoms with Gasteiger partial charge in [0.2, 0.25) is 0 Å². The van der Waals surface area contributed by atoms with E-state index in [1.807, 2.05) is 0 Å². The van der Waals surface area contributed by atoms with Gasteiger partial charge in [-0.15, -0.1) is 0 Å². The molecule has 18 aromatic rings. The van der Waals surface area contributed by atoms with Crippen molar-refractivity contribution in [3.8, 4) is 33.4 Å². The molecule has 0 spiro atoms. The number of nitrogens with zero attached hydrogens (tertiary/aromatic N) is 2. The number of fused-ring (bicyclic) bond motifs is 21. The van der Waals surface area contributed by atoms with Crippen LogP contribution >= 0.6 is 0 Å². The standard InChI is InChI=1S/C105H76N2/c1-103(2)93-55-65(39-41-67-45-51-85-87-53-47-73(63-97(87)104(3,4)95(85)57-67)106(99-59-69-23-7-11-27-75(69)79-31-15-19-35-89(79)99)100-60-70-24-8-12-28-76(70)80-32-16-20-36-90(80)100)43-49-83(93)84-50-44-66(56-94(84)103)40-42-68-46-52-86-88-54-48-74(64-98(88)105(5,6)96(86)58-68)107(101-61-71-25-9-13-29-77(71)81-33-17-21-37-91(81)101)102-62-72-26-10-14-30-78(72)82-34-18-22-38-92(82)102/h7-64H,1-6H3. The lowest BCUT2D eigenvalue weighted by Crippen LogP contribution is -2.17. The zero-order valence-corrected chi connectivity index (χ0v) is 60.9. The first-order chi connectivity index (χ1) is 52.3. The molecular formula is C105H76N2. The topological polar surface area (TPSA) is 6.48 Å². The summed E-state index contributed by atoms with van der Waals surface area (Å²) in [4.78, 5) is 5.09. The van der Waals surface area contributed by atoms with Crippen molar-refractivity contribution >= 4 is 145 Å². The van der Waals surface area contributed by atoms with Gasteiger partial charge in [0.1, 0.15) is 0 Å². The van der Waals surface area contributed by atoms with E-state index in [9.17, 15) is 0 Å². The van der Waals surface area contributed by atoms with Gasteiger partial charge in [-0.2, -0.15) is 0 Å². The van der Waals surface area contributed by atoms with Gasteiger partial charge in [-0.1, -0.05) is 345 Å². The maximum absolute atomic E-state index is 2.55. The Bertz CT molecular complexity index is 6280. The van der Waals surface area contributed by atoms with Crippen LogP contribution in [0.4, 0.5) is 34.1 Å². The Hall–Kier alpha value is -12.9. The van der Waals surface area contributed by atoms with Crippen LogP contribution in [-0.4, -0.2) is 0 Å². The van der Waals surface area contributed by atoms with Crippen LogP contribution in [0.25, 0.3) is 144 Å². The average Bonchev–Trinajstić information content (AvgIpc) is 1.63. The second-order valence-electron chi connectivity index (χ2n) is 31.5. The Morgan fingerprint density at radius 1 is 0.187 bits per heavy atom. The summed E-state index contributed by atoms with van der Waals surface area (Å²) in [7, 11) is 0. The maximum Gasteiger partial charge on any atom is 0.0546 e. The third-order valence-electron chi connectivity index (χ3n) is 24.5. The van der Waals surface area contributed by atoms with E-state index in [-0.39, 0.29) is 16.2 Å². The van der Waals surface area contributed by atoms with Gasteiger partial charge >= 0.3 is 0 Å². The maximum atomic E-state index is 2.55. The van der Waals surface area contributed by atoms with Crippen LogP contribution in [0.15, 0.2) is 328 Å². The van der Waals surface area contributed by atoms with Crippen molar-refractivity contribution in [2.45, 2.75) is 57.8 Å². The minimum atomic E-state index is -0.266.